The third kappa shape index (κ3) is 2.86. The molecule has 1 aromatic heterocycles. The van der Waals surface area contributed by atoms with Gasteiger partial charge in [-0.05, 0) is 18.4 Å². The molecule has 13 heavy (non-hydrogen) atoms. The van der Waals surface area contributed by atoms with Gasteiger partial charge in [0.05, 0.1) is 18.6 Å². The third-order valence-electron chi connectivity index (χ3n) is 2.03. The maximum Gasteiger partial charge on any atom is 0.0971 e. The van der Waals surface area contributed by atoms with Crippen LogP contribution < -0.4 is 5.73 Å². The zero-order valence-electron chi connectivity index (χ0n) is 8.10. The van der Waals surface area contributed by atoms with Crippen LogP contribution >= 0.6 is 0 Å². The molecule has 2 atom stereocenters. The standard InChI is InChI=1S/C10H17NO2/c1-7(2)5-9(11)10(12)8-3-4-13-6-8/h3-4,6-7,9-10,12H,5,11H2,1-2H3. The molecule has 0 saturated heterocycles. The van der Waals surface area contributed by atoms with E-state index in [4.69, 9.17) is 10.2 Å². The topological polar surface area (TPSA) is 59.4 Å². The number of aliphatic hydroxyl groups is 1. The van der Waals surface area contributed by atoms with E-state index in [1.807, 2.05) is 0 Å². The second-order valence-corrected chi connectivity index (χ2v) is 3.79. The van der Waals surface area contributed by atoms with Crippen molar-refractivity contribution in [2.24, 2.45) is 11.7 Å². The zero-order valence-corrected chi connectivity index (χ0v) is 8.10. The molecule has 2 unspecified atom stereocenters. The summed E-state index contributed by atoms with van der Waals surface area (Å²) in [6.07, 6.45) is 3.28. The van der Waals surface area contributed by atoms with Gasteiger partial charge < -0.3 is 15.3 Å². The molecule has 0 aliphatic carbocycles. The lowest BCUT2D eigenvalue weighted by Gasteiger charge is -2.19. The summed E-state index contributed by atoms with van der Waals surface area (Å²) in [4.78, 5) is 0. The van der Waals surface area contributed by atoms with Gasteiger partial charge in [-0.3, -0.25) is 0 Å². The van der Waals surface area contributed by atoms with Crippen molar-refractivity contribution < 1.29 is 9.52 Å². The van der Waals surface area contributed by atoms with Crippen LogP contribution in [0.25, 0.3) is 0 Å². The van der Waals surface area contributed by atoms with Gasteiger partial charge in [0, 0.05) is 11.6 Å². The third-order valence-corrected chi connectivity index (χ3v) is 2.03. The molecule has 0 saturated carbocycles. The minimum absolute atomic E-state index is 0.211. The van der Waals surface area contributed by atoms with E-state index in [9.17, 15) is 5.11 Å². The quantitative estimate of drug-likeness (QED) is 0.746. The molecule has 0 aliphatic heterocycles. The Bertz CT molecular complexity index is 231. The van der Waals surface area contributed by atoms with Crippen molar-refractivity contribution in [2.45, 2.75) is 32.4 Å². The van der Waals surface area contributed by atoms with Gasteiger partial charge in [-0.25, -0.2) is 0 Å². The molecule has 0 aliphatic rings. The number of rotatable bonds is 4. The highest BCUT2D eigenvalue weighted by molar-refractivity contribution is 5.11. The van der Waals surface area contributed by atoms with Gasteiger partial charge in [-0.1, -0.05) is 13.8 Å². The first-order chi connectivity index (χ1) is 6.11. The van der Waals surface area contributed by atoms with Crippen molar-refractivity contribution in [1.29, 1.82) is 0 Å². The van der Waals surface area contributed by atoms with Gasteiger partial charge >= 0.3 is 0 Å². The zero-order chi connectivity index (χ0) is 9.84. The van der Waals surface area contributed by atoms with E-state index in [0.717, 1.165) is 12.0 Å². The Balaban J connectivity index is 2.52. The average molecular weight is 183 g/mol. The Morgan fingerprint density at radius 1 is 1.54 bits per heavy atom. The summed E-state index contributed by atoms with van der Waals surface area (Å²) in [6.45, 7) is 4.17. The molecule has 0 amide bonds. The Labute approximate surface area is 78.5 Å². The number of furan rings is 1. The fourth-order valence-electron chi connectivity index (χ4n) is 1.36. The monoisotopic (exact) mass is 183 g/mol. The summed E-state index contributed by atoms with van der Waals surface area (Å²) in [7, 11) is 0. The molecule has 0 fully saturated rings. The number of nitrogens with two attached hydrogens (primary N) is 1. The smallest absolute Gasteiger partial charge is 0.0971 e. The second-order valence-electron chi connectivity index (χ2n) is 3.79. The van der Waals surface area contributed by atoms with Crippen molar-refractivity contribution >= 4 is 0 Å². The molecule has 1 rings (SSSR count). The largest absolute Gasteiger partial charge is 0.472 e. The van der Waals surface area contributed by atoms with Gasteiger partial charge in [0.25, 0.3) is 0 Å². The SMILES string of the molecule is CC(C)CC(N)C(O)c1ccoc1. The van der Waals surface area contributed by atoms with E-state index in [0.29, 0.717) is 5.92 Å². The van der Waals surface area contributed by atoms with Crippen LogP contribution in [0.1, 0.15) is 31.9 Å². The van der Waals surface area contributed by atoms with E-state index >= 15 is 0 Å². The van der Waals surface area contributed by atoms with Crippen LogP contribution in [0.3, 0.4) is 0 Å². The first kappa shape index (κ1) is 10.3. The first-order valence-corrected chi connectivity index (χ1v) is 4.57. The minimum Gasteiger partial charge on any atom is -0.472 e. The normalized spacial score (nSPS) is 16.1. The average Bonchev–Trinajstić information content (AvgIpc) is 2.53. The van der Waals surface area contributed by atoms with Gasteiger partial charge in [-0.2, -0.15) is 0 Å². The molecular weight excluding hydrogens is 166 g/mol. The van der Waals surface area contributed by atoms with Crippen LogP contribution in [0.4, 0.5) is 0 Å². The highest BCUT2D eigenvalue weighted by Gasteiger charge is 2.18. The molecule has 3 heteroatoms. The molecule has 74 valence electrons. The first-order valence-electron chi connectivity index (χ1n) is 4.57. The Hall–Kier alpha value is -0.800. The van der Waals surface area contributed by atoms with Crippen molar-refractivity contribution in [2.75, 3.05) is 0 Å². The van der Waals surface area contributed by atoms with Crippen LogP contribution in [0.15, 0.2) is 23.0 Å². The molecule has 0 aromatic carbocycles. The van der Waals surface area contributed by atoms with E-state index in [1.54, 1.807) is 12.3 Å². The van der Waals surface area contributed by atoms with Gasteiger partial charge in [0.2, 0.25) is 0 Å². The number of aliphatic hydroxyl groups excluding tert-OH is 1. The Morgan fingerprint density at radius 2 is 2.23 bits per heavy atom. The van der Waals surface area contributed by atoms with Gasteiger partial charge in [-0.15, -0.1) is 0 Å². The summed E-state index contributed by atoms with van der Waals surface area (Å²) >= 11 is 0. The predicted octanol–water partition coefficient (Wildman–Crippen LogP) is 1.69. The van der Waals surface area contributed by atoms with Crippen LogP contribution in [0, 0.1) is 5.92 Å². The number of hydrogen-bond donors (Lipinski definition) is 2. The molecule has 1 aromatic rings. The fraction of sp³-hybridized carbons (Fsp3) is 0.600. The summed E-state index contributed by atoms with van der Waals surface area (Å²) in [6, 6.07) is 1.53. The molecular formula is C10H17NO2. The lowest BCUT2D eigenvalue weighted by atomic mass is 9.97. The Kier molecular flexibility index (Phi) is 3.51. The fourth-order valence-corrected chi connectivity index (χ4v) is 1.36. The Morgan fingerprint density at radius 3 is 2.69 bits per heavy atom. The summed E-state index contributed by atoms with van der Waals surface area (Å²) < 4.78 is 4.88. The highest BCUT2D eigenvalue weighted by Crippen LogP contribution is 2.19. The van der Waals surface area contributed by atoms with Crippen LogP contribution in [0.2, 0.25) is 0 Å². The van der Waals surface area contributed by atoms with Crippen LogP contribution in [-0.4, -0.2) is 11.1 Å². The minimum atomic E-state index is -0.610. The summed E-state index contributed by atoms with van der Waals surface area (Å²) in [5, 5.41) is 9.74. The van der Waals surface area contributed by atoms with E-state index in [1.165, 1.54) is 6.26 Å². The van der Waals surface area contributed by atoms with Crippen molar-refractivity contribution in [3.63, 3.8) is 0 Å². The van der Waals surface area contributed by atoms with Gasteiger partial charge in [0.1, 0.15) is 0 Å². The van der Waals surface area contributed by atoms with Gasteiger partial charge in [0.15, 0.2) is 0 Å². The van der Waals surface area contributed by atoms with Crippen LogP contribution in [-0.2, 0) is 0 Å². The lowest BCUT2D eigenvalue weighted by Crippen LogP contribution is -2.29. The molecule has 0 spiro atoms. The van der Waals surface area contributed by atoms with Crippen molar-refractivity contribution in [3.05, 3.63) is 24.2 Å². The summed E-state index contributed by atoms with van der Waals surface area (Å²) in [5.74, 6) is 0.497. The van der Waals surface area contributed by atoms with E-state index in [2.05, 4.69) is 13.8 Å². The summed E-state index contributed by atoms with van der Waals surface area (Å²) in [5.41, 5.74) is 6.58. The molecule has 3 N–H and O–H groups in total. The van der Waals surface area contributed by atoms with Crippen molar-refractivity contribution in [3.8, 4) is 0 Å². The van der Waals surface area contributed by atoms with Crippen molar-refractivity contribution in [1.82, 2.24) is 0 Å². The molecule has 1 heterocycles. The molecule has 0 bridgehead atoms. The highest BCUT2D eigenvalue weighted by atomic mass is 16.3. The molecule has 0 radical (unpaired) electrons. The number of hydrogen-bond acceptors (Lipinski definition) is 3. The maximum atomic E-state index is 9.74. The van der Waals surface area contributed by atoms with E-state index < -0.39 is 6.10 Å². The van der Waals surface area contributed by atoms with E-state index in [-0.39, 0.29) is 6.04 Å². The predicted molar refractivity (Wildman–Crippen MR) is 51.1 cm³/mol. The molecule has 3 nitrogen and oxygen atoms in total. The maximum absolute atomic E-state index is 9.74. The second kappa shape index (κ2) is 4.44. The lowest BCUT2D eigenvalue weighted by molar-refractivity contribution is 0.135. The van der Waals surface area contributed by atoms with Crippen LogP contribution in [0.5, 0.6) is 0 Å².